The van der Waals surface area contributed by atoms with Crippen LogP contribution < -0.4 is 4.90 Å². The minimum atomic E-state index is 0.166. The summed E-state index contributed by atoms with van der Waals surface area (Å²) in [4.78, 5) is 16.7. The van der Waals surface area contributed by atoms with Gasteiger partial charge in [0.2, 0.25) is 5.91 Å². The molecule has 1 aromatic heterocycles. The Morgan fingerprint density at radius 2 is 1.83 bits per heavy atom. The first-order valence-corrected chi connectivity index (χ1v) is 8.48. The van der Waals surface area contributed by atoms with E-state index in [-0.39, 0.29) is 5.92 Å². The minimum Gasteiger partial charge on any atom is -0.351 e. The minimum absolute atomic E-state index is 0.166. The fraction of sp³-hybridized carbons (Fsp3) is 0.500. The Hall–Kier alpha value is -2.17. The molecule has 3 rings (SSSR count). The van der Waals surface area contributed by atoms with Crippen molar-refractivity contribution >= 4 is 22.5 Å². The van der Waals surface area contributed by atoms with Gasteiger partial charge in [0, 0.05) is 42.9 Å². The zero-order chi connectivity index (χ0) is 16.2. The molecule has 1 saturated heterocycles. The Bertz CT molecular complexity index is 670. The second kappa shape index (κ2) is 6.94. The Morgan fingerprint density at radius 3 is 2.52 bits per heavy atom. The van der Waals surface area contributed by atoms with Crippen LogP contribution >= 0.6 is 0 Å². The van der Waals surface area contributed by atoms with E-state index in [9.17, 15) is 4.79 Å². The van der Waals surface area contributed by atoms with Crippen molar-refractivity contribution in [3.8, 4) is 0 Å². The summed E-state index contributed by atoms with van der Waals surface area (Å²) in [6, 6.07) is 8.18. The smallest absolute Gasteiger partial charge is 0.225 e. The predicted molar refractivity (Wildman–Crippen MR) is 92.4 cm³/mol. The molecule has 2 heterocycles. The lowest BCUT2D eigenvalue weighted by Crippen LogP contribution is -2.50. The molecule has 0 N–H and O–H groups in total. The first kappa shape index (κ1) is 15.7. The number of fused-ring (bicyclic) bond motifs is 1. The molecule has 1 aliphatic heterocycles. The number of piperazine rings is 1. The number of rotatable bonds is 4. The Morgan fingerprint density at radius 1 is 1.13 bits per heavy atom. The molecule has 2 aromatic rings. The molecule has 1 aromatic carbocycles. The van der Waals surface area contributed by atoms with E-state index in [0.29, 0.717) is 5.91 Å². The van der Waals surface area contributed by atoms with Crippen LogP contribution in [0, 0.1) is 5.92 Å². The Labute approximate surface area is 137 Å². The average molecular weight is 312 g/mol. The molecule has 0 atom stereocenters. The molecule has 23 heavy (non-hydrogen) atoms. The van der Waals surface area contributed by atoms with E-state index in [0.717, 1.165) is 55.6 Å². The summed E-state index contributed by atoms with van der Waals surface area (Å²) in [5.41, 5.74) is 0. The van der Waals surface area contributed by atoms with Gasteiger partial charge in [-0.3, -0.25) is 4.79 Å². The van der Waals surface area contributed by atoms with E-state index in [1.807, 2.05) is 17.0 Å². The summed E-state index contributed by atoms with van der Waals surface area (Å²) < 4.78 is 0. The normalized spacial score (nSPS) is 15.4. The number of aromatic nitrogens is 2. The van der Waals surface area contributed by atoms with Crippen LogP contribution in [-0.4, -0.2) is 47.2 Å². The van der Waals surface area contributed by atoms with Gasteiger partial charge >= 0.3 is 0 Å². The van der Waals surface area contributed by atoms with Crippen molar-refractivity contribution in [2.45, 2.75) is 26.7 Å². The van der Waals surface area contributed by atoms with Crippen molar-refractivity contribution in [2.24, 2.45) is 5.92 Å². The third-order valence-electron chi connectivity index (χ3n) is 4.78. The number of anilines is 1. The lowest BCUT2D eigenvalue weighted by atomic mass is 10.0. The van der Waals surface area contributed by atoms with Gasteiger partial charge in [0.05, 0.1) is 6.20 Å². The van der Waals surface area contributed by atoms with Crippen LogP contribution in [0.1, 0.15) is 26.7 Å². The van der Waals surface area contributed by atoms with Gasteiger partial charge in [-0.1, -0.05) is 38.1 Å². The Balaban J connectivity index is 1.72. The molecule has 1 fully saturated rings. The molecule has 5 nitrogen and oxygen atoms in total. The van der Waals surface area contributed by atoms with Gasteiger partial charge in [-0.15, -0.1) is 5.10 Å². The van der Waals surface area contributed by atoms with Crippen molar-refractivity contribution in [3.63, 3.8) is 0 Å². The molecule has 0 saturated carbocycles. The van der Waals surface area contributed by atoms with Crippen molar-refractivity contribution in [2.75, 3.05) is 31.1 Å². The summed E-state index contributed by atoms with van der Waals surface area (Å²) in [6.45, 7) is 7.34. The number of hydrogen-bond donors (Lipinski definition) is 0. The summed E-state index contributed by atoms with van der Waals surface area (Å²) in [6.07, 6.45) is 3.64. The third-order valence-corrected chi connectivity index (χ3v) is 4.78. The second-order valence-electron chi connectivity index (χ2n) is 6.08. The molecule has 0 bridgehead atoms. The topological polar surface area (TPSA) is 49.3 Å². The number of benzene rings is 1. The maximum Gasteiger partial charge on any atom is 0.225 e. The fourth-order valence-corrected chi connectivity index (χ4v) is 3.28. The molecule has 0 spiro atoms. The predicted octanol–water partition coefficient (Wildman–Crippen LogP) is 2.71. The van der Waals surface area contributed by atoms with Crippen LogP contribution in [0.3, 0.4) is 0 Å². The molecule has 0 unspecified atom stereocenters. The second-order valence-corrected chi connectivity index (χ2v) is 6.08. The number of amides is 1. The average Bonchev–Trinajstić information content (AvgIpc) is 2.62. The Kier molecular flexibility index (Phi) is 4.74. The van der Waals surface area contributed by atoms with Crippen LogP contribution in [0.15, 0.2) is 30.5 Å². The highest BCUT2D eigenvalue weighted by molar-refractivity contribution is 5.91. The van der Waals surface area contributed by atoms with Crippen LogP contribution in [-0.2, 0) is 4.79 Å². The van der Waals surface area contributed by atoms with Crippen LogP contribution in [0.5, 0.6) is 0 Å². The molecular formula is C18H24N4O. The van der Waals surface area contributed by atoms with E-state index < -0.39 is 0 Å². The molecule has 1 aliphatic rings. The van der Waals surface area contributed by atoms with Crippen molar-refractivity contribution in [1.29, 1.82) is 0 Å². The standard InChI is InChI=1S/C18H24N4O/c1-3-14(4-2)18(23)22-11-9-21(10-12-22)17-16-8-6-5-7-15(16)13-19-20-17/h5-8,13-14H,3-4,9-12H2,1-2H3. The van der Waals surface area contributed by atoms with Gasteiger partial charge in [-0.2, -0.15) is 5.10 Å². The number of hydrogen-bond acceptors (Lipinski definition) is 4. The zero-order valence-corrected chi connectivity index (χ0v) is 13.9. The first-order chi connectivity index (χ1) is 11.2. The molecule has 0 radical (unpaired) electrons. The number of carbonyl (C=O) groups is 1. The van der Waals surface area contributed by atoms with E-state index in [4.69, 9.17) is 0 Å². The lowest BCUT2D eigenvalue weighted by Gasteiger charge is -2.37. The molecule has 0 aliphatic carbocycles. The van der Waals surface area contributed by atoms with E-state index in [1.165, 1.54) is 0 Å². The first-order valence-electron chi connectivity index (χ1n) is 8.48. The maximum atomic E-state index is 12.5. The van der Waals surface area contributed by atoms with E-state index in [1.54, 1.807) is 6.20 Å². The molecular weight excluding hydrogens is 288 g/mol. The van der Waals surface area contributed by atoms with Crippen LogP contribution in [0.2, 0.25) is 0 Å². The maximum absolute atomic E-state index is 12.5. The van der Waals surface area contributed by atoms with Crippen molar-refractivity contribution < 1.29 is 4.79 Å². The van der Waals surface area contributed by atoms with E-state index >= 15 is 0 Å². The lowest BCUT2D eigenvalue weighted by molar-refractivity contribution is -0.136. The van der Waals surface area contributed by atoms with Gasteiger partial charge in [-0.05, 0) is 12.8 Å². The zero-order valence-electron chi connectivity index (χ0n) is 13.9. The summed E-state index contributed by atoms with van der Waals surface area (Å²) in [7, 11) is 0. The molecule has 122 valence electrons. The third kappa shape index (κ3) is 3.14. The highest BCUT2D eigenvalue weighted by atomic mass is 16.2. The van der Waals surface area contributed by atoms with Crippen molar-refractivity contribution in [1.82, 2.24) is 15.1 Å². The highest BCUT2D eigenvalue weighted by Crippen LogP contribution is 2.24. The summed E-state index contributed by atoms with van der Waals surface area (Å²) in [5, 5.41) is 10.7. The number of nitrogens with zero attached hydrogens (tertiary/aromatic N) is 4. The quantitative estimate of drug-likeness (QED) is 0.871. The van der Waals surface area contributed by atoms with Crippen molar-refractivity contribution in [3.05, 3.63) is 30.5 Å². The summed E-state index contributed by atoms with van der Waals surface area (Å²) >= 11 is 0. The number of carbonyl (C=O) groups excluding carboxylic acids is 1. The van der Waals surface area contributed by atoms with Gasteiger partial charge in [0.1, 0.15) is 0 Å². The highest BCUT2D eigenvalue weighted by Gasteiger charge is 2.26. The van der Waals surface area contributed by atoms with Gasteiger partial charge in [0.25, 0.3) is 0 Å². The molecule has 1 amide bonds. The van der Waals surface area contributed by atoms with Gasteiger partial charge in [0.15, 0.2) is 5.82 Å². The summed E-state index contributed by atoms with van der Waals surface area (Å²) in [5.74, 6) is 1.40. The van der Waals surface area contributed by atoms with E-state index in [2.05, 4.69) is 41.1 Å². The van der Waals surface area contributed by atoms with Crippen LogP contribution in [0.4, 0.5) is 5.82 Å². The largest absolute Gasteiger partial charge is 0.351 e. The van der Waals surface area contributed by atoms with Gasteiger partial charge in [-0.25, -0.2) is 0 Å². The molecule has 5 heteroatoms. The SMILES string of the molecule is CCC(CC)C(=O)N1CCN(c2nncc3ccccc23)CC1. The fourth-order valence-electron chi connectivity index (χ4n) is 3.28. The van der Waals surface area contributed by atoms with Gasteiger partial charge < -0.3 is 9.80 Å². The van der Waals surface area contributed by atoms with Crippen LogP contribution in [0.25, 0.3) is 10.8 Å². The monoisotopic (exact) mass is 312 g/mol.